The molecule has 0 saturated carbocycles. The van der Waals surface area contributed by atoms with Crippen LogP contribution in [0.5, 0.6) is 0 Å². The Kier molecular flexibility index (Phi) is 6.60. The number of thiophene rings is 1. The number of nitrogens with zero attached hydrogens (tertiary/aromatic N) is 2. The molecule has 0 aliphatic carbocycles. The summed E-state index contributed by atoms with van der Waals surface area (Å²) in [4.78, 5) is 0. The Morgan fingerprint density at radius 2 is 0.983 bits per heavy atom. The van der Waals surface area contributed by atoms with Crippen LogP contribution < -0.4 is 0 Å². The summed E-state index contributed by atoms with van der Waals surface area (Å²) in [6.07, 6.45) is 0. The van der Waals surface area contributed by atoms with Gasteiger partial charge in [-0.3, -0.25) is 0 Å². The number of aromatic nitrogens is 2. The molecule has 0 spiro atoms. The van der Waals surface area contributed by atoms with E-state index < -0.39 is 0 Å². The molecule has 13 aromatic rings. The SMILES string of the molecule is c1ccc(-n2c3ccccc3c3ccc(-c4cccc5c4c4ccccc4n5-c4cc(-c5ccc6oc7ccccc7c6c5)c5sc6ccccc6c5c4)cc32)cc1. The normalized spacial score (nSPS) is 12.1. The van der Waals surface area contributed by atoms with Crippen LogP contribution in [0, 0.1) is 0 Å². The van der Waals surface area contributed by atoms with Crippen LogP contribution in [0.25, 0.3) is 119 Å². The second-order valence-electron chi connectivity index (χ2n) is 15.2. The fourth-order valence-corrected chi connectivity index (χ4v) is 10.8. The van der Waals surface area contributed by atoms with Gasteiger partial charge in [0.25, 0.3) is 0 Å². The van der Waals surface area contributed by atoms with E-state index in [1.807, 2.05) is 17.4 Å². The minimum absolute atomic E-state index is 0.908. The van der Waals surface area contributed by atoms with Gasteiger partial charge in [-0.25, -0.2) is 0 Å². The van der Waals surface area contributed by atoms with Gasteiger partial charge in [-0.2, -0.15) is 0 Å². The molecule has 3 nitrogen and oxygen atoms in total. The molecule has 13 rings (SSSR count). The van der Waals surface area contributed by atoms with Gasteiger partial charge in [0.2, 0.25) is 0 Å². The summed E-state index contributed by atoms with van der Waals surface area (Å²) in [6, 6.07) is 70.8. The fraction of sp³-hybridized carbons (Fsp3) is 0. The summed E-state index contributed by atoms with van der Waals surface area (Å²) in [6.45, 7) is 0. The van der Waals surface area contributed by atoms with Gasteiger partial charge in [-0.15, -0.1) is 11.3 Å². The highest BCUT2D eigenvalue weighted by atomic mass is 32.1. The highest BCUT2D eigenvalue weighted by Gasteiger charge is 2.21. The van der Waals surface area contributed by atoms with Crippen LogP contribution in [-0.4, -0.2) is 9.13 Å². The van der Waals surface area contributed by atoms with E-state index in [-0.39, 0.29) is 0 Å². The van der Waals surface area contributed by atoms with Crippen molar-refractivity contribution in [2.75, 3.05) is 0 Å². The molecule has 58 heavy (non-hydrogen) atoms. The van der Waals surface area contributed by atoms with Crippen molar-refractivity contribution in [2.24, 2.45) is 0 Å². The average Bonchev–Trinajstić information content (AvgIpc) is 4.03. The van der Waals surface area contributed by atoms with Gasteiger partial charge in [0, 0.05) is 69.4 Å². The zero-order chi connectivity index (χ0) is 37.9. The number of hydrogen-bond donors (Lipinski definition) is 0. The molecule has 270 valence electrons. The zero-order valence-electron chi connectivity index (χ0n) is 31.2. The summed E-state index contributed by atoms with van der Waals surface area (Å²) in [5, 5.41) is 9.83. The lowest BCUT2D eigenvalue weighted by atomic mass is 9.98. The van der Waals surface area contributed by atoms with Crippen molar-refractivity contribution in [3.63, 3.8) is 0 Å². The Labute approximate surface area is 336 Å². The lowest BCUT2D eigenvalue weighted by Gasteiger charge is -2.13. The zero-order valence-corrected chi connectivity index (χ0v) is 32.0. The monoisotopic (exact) mass is 756 g/mol. The van der Waals surface area contributed by atoms with Crippen LogP contribution in [0.15, 0.2) is 199 Å². The van der Waals surface area contributed by atoms with Crippen molar-refractivity contribution in [1.82, 2.24) is 9.13 Å². The van der Waals surface area contributed by atoms with E-state index >= 15 is 0 Å². The van der Waals surface area contributed by atoms with Crippen LogP contribution in [0.4, 0.5) is 0 Å². The first-order chi connectivity index (χ1) is 28.8. The Morgan fingerprint density at radius 1 is 0.345 bits per heavy atom. The predicted molar refractivity (Wildman–Crippen MR) is 246 cm³/mol. The van der Waals surface area contributed by atoms with Crippen molar-refractivity contribution in [3.05, 3.63) is 194 Å². The molecule has 0 N–H and O–H groups in total. The van der Waals surface area contributed by atoms with Crippen molar-refractivity contribution in [3.8, 4) is 33.6 Å². The van der Waals surface area contributed by atoms with Crippen molar-refractivity contribution >= 4 is 97.1 Å². The molecule has 0 radical (unpaired) electrons. The lowest BCUT2D eigenvalue weighted by molar-refractivity contribution is 0.669. The van der Waals surface area contributed by atoms with Crippen LogP contribution in [0.3, 0.4) is 0 Å². The third kappa shape index (κ3) is 4.49. The highest BCUT2D eigenvalue weighted by molar-refractivity contribution is 7.26. The summed E-state index contributed by atoms with van der Waals surface area (Å²) >= 11 is 1.87. The average molecular weight is 757 g/mol. The molecule has 0 saturated heterocycles. The fourth-order valence-electron chi connectivity index (χ4n) is 9.58. The number of benzene rings is 9. The summed E-state index contributed by atoms with van der Waals surface area (Å²) in [7, 11) is 0. The molecule has 0 amide bonds. The molecule has 0 aliphatic rings. The van der Waals surface area contributed by atoms with Crippen LogP contribution in [-0.2, 0) is 0 Å². The van der Waals surface area contributed by atoms with Gasteiger partial charge >= 0.3 is 0 Å². The van der Waals surface area contributed by atoms with E-state index in [1.165, 1.54) is 86.0 Å². The van der Waals surface area contributed by atoms with Crippen molar-refractivity contribution < 1.29 is 4.42 Å². The summed E-state index contributed by atoms with van der Waals surface area (Å²) < 4.78 is 13.7. The maximum absolute atomic E-state index is 6.27. The molecule has 0 fully saturated rings. The number of rotatable bonds is 4. The second-order valence-corrected chi connectivity index (χ2v) is 16.3. The summed E-state index contributed by atoms with van der Waals surface area (Å²) in [5.41, 5.74) is 13.7. The third-order valence-electron chi connectivity index (χ3n) is 12.1. The Bertz CT molecular complexity index is 3800. The molecule has 4 aromatic heterocycles. The summed E-state index contributed by atoms with van der Waals surface area (Å²) in [5.74, 6) is 0. The van der Waals surface area contributed by atoms with Gasteiger partial charge in [-0.05, 0) is 89.5 Å². The van der Waals surface area contributed by atoms with E-state index in [0.717, 1.165) is 33.3 Å². The van der Waals surface area contributed by atoms with E-state index in [1.54, 1.807) is 0 Å². The van der Waals surface area contributed by atoms with E-state index in [0.29, 0.717) is 0 Å². The maximum Gasteiger partial charge on any atom is 0.135 e. The quantitative estimate of drug-likeness (QED) is 0.175. The largest absolute Gasteiger partial charge is 0.456 e. The van der Waals surface area contributed by atoms with Gasteiger partial charge < -0.3 is 13.6 Å². The molecule has 0 atom stereocenters. The van der Waals surface area contributed by atoms with Gasteiger partial charge in [0.05, 0.1) is 22.1 Å². The lowest BCUT2D eigenvalue weighted by Crippen LogP contribution is -1.95. The van der Waals surface area contributed by atoms with Crippen molar-refractivity contribution in [2.45, 2.75) is 0 Å². The number of hydrogen-bond acceptors (Lipinski definition) is 2. The smallest absolute Gasteiger partial charge is 0.135 e. The van der Waals surface area contributed by atoms with E-state index in [9.17, 15) is 0 Å². The first-order valence-electron chi connectivity index (χ1n) is 19.8. The number of furan rings is 1. The molecule has 0 unspecified atom stereocenters. The molecular weight excluding hydrogens is 725 g/mol. The first kappa shape index (κ1) is 31.8. The Hall–Kier alpha value is -7.40. The number of fused-ring (bicyclic) bond motifs is 12. The van der Waals surface area contributed by atoms with Gasteiger partial charge in [0.15, 0.2) is 0 Å². The topological polar surface area (TPSA) is 23.0 Å². The Balaban J connectivity index is 1.08. The minimum atomic E-state index is 0.908. The highest BCUT2D eigenvalue weighted by Crippen LogP contribution is 2.46. The molecule has 4 heterocycles. The molecule has 0 aliphatic heterocycles. The van der Waals surface area contributed by atoms with Crippen LogP contribution in [0.2, 0.25) is 0 Å². The maximum atomic E-state index is 6.27. The second kappa shape index (κ2) is 12.1. The third-order valence-corrected chi connectivity index (χ3v) is 13.3. The van der Waals surface area contributed by atoms with E-state index in [4.69, 9.17) is 4.42 Å². The van der Waals surface area contributed by atoms with Gasteiger partial charge in [0.1, 0.15) is 11.2 Å². The van der Waals surface area contributed by atoms with Crippen LogP contribution >= 0.6 is 11.3 Å². The minimum Gasteiger partial charge on any atom is -0.456 e. The first-order valence-corrected chi connectivity index (χ1v) is 20.6. The van der Waals surface area contributed by atoms with Gasteiger partial charge in [-0.1, -0.05) is 121 Å². The molecular formula is C54H32N2OS. The van der Waals surface area contributed by atoms with Crippen LogP contribution in [0.1, 0.15) is 0 Å². The van der Waals surface area contributed by atoms with Crippen molar-refractivity contribution in [1.29, 1.82) is 0 Å². The molecule has 9 aromatic carbocycles. The predicted octanol–water partition coefficient (Wildman–Crippen LogP) is 15.5. The molecule has 4 heteroatoms. The van der Waals surface area contributed by atoms with E-state index in [2.05, 4.69) is 197 Å². The number of para-hydroxylation sites is 4. The standard InChI is InChI=1S/C54H32N2OS/c1-2-13-35(14-3-1)55-46-20-8-4-15-38(46)39-27-25-34(30-49(39)55)37-19-12-22-48-53(37)42-18-5-9-21-47(42)56(48)36-31-43(54-45(32-36)41-17-7-11-24-52(41)58-54)33-26-28-51-44(29-33)40-16-6-10-23-50(40)57-51/h1-32H. The molecule has 0 bridgehead atoms. The Morgan fingerprint density at radius 3 is 1.86 bits per heavy atom.